The molecule has 0 heterocycles. The first-order valence-corrected chi connectivity index (χ1v) is 10.2. The summed E-state index contributed by atoms with van der Waals surface area (Å²) in [5.41, 5.74) is 0.701. The van der Waals surface area contributed by atoms with E-state index in [9.17, 15) is 16.8 Å². The van der Waals surface area contributed by atoms with E-state index in [0.29, 0.717) is 12.2 Å². The monoisotopic (exact) mass is 332 g/mol. The van der Waals surface area contributed by atoms with Crippen LogP contribution in [0.25, 0.3) is 0 Å². The van der Waals surface area contributed by atoms with Crippen molar-refractivity contribution in [2.24, 2.45) is 0 Å². The lowest BCUT2D eigenvalue weighted by atomic mass is 10.3. The van der Waals surface area contributed by atoms with Gasteiger partial charge >= 0.3 is 0 Å². The molecule has 0 spiro atoms. The number of hydrogen-bond acceptors (Lipinski definition) is 5. The molecule has 2 N–H and O–H groups in total. The quantitative estimate of drug-likeness (QED) is 0.740. The second-order valence-corrected chi connectivity index (χ2v) is 9.27. The van der Waals surface area contributed by atoms with E-state index in [1.54, 1.807) is 19.1 Å². The molecule has 0 amide bonds. The molecule has 0 bridgehead atoms. The number of rotatable bonds is 8. The Balaban J connectivity index is 1.92. The Morgan fingerprint density at radius 2 is 1.71 bits per heavy atom. The lowest BCUT2D eigenvalue weighted by Gasteiger charge is -2.08. The SMILES string of the molecule is CCS(=O)(=O)CCNc1ccc(S(=O)(=O)NC2CC2)cc1. The smallest absolute Gasteiger partial charge is 0.240 e. The van der Waals surface area contributed by atoms with Gasteiger partial charge in [0.1, 0.15) is 0 Å². The molecule has 1 saturated carbocycles. The summed E-state index contributed by atoms with van der Waals surface area (Å²) in [5, 5.41) is 2.97. The second kappa shape index (κ2) is 6.33. The number of sulfonamides is 1. The van der Waals surface area contributed by atoms with Gasteiger partial charge in [0.25, 0.3) is 0 Å². The molecule has 0 radical (unpaired) electrons. The minimum absolute atomic E-state index is 0.0623. The fraction of sp³-hybridized carbons (Fsp3) is 0.538. The van der Waals surface area contributed by atoms with Crippen LogP contribution in [0.3, 0.4) is 0 Å². The first kappa shape index (κ1) is 16.3. The average Bonchev–Trinajstić information content (AvgIpc) is 3.22. The molecule has 6 nitrogen and oxygen atoms in total. The molecule has 0 aromatic heterocycles. The Bertz CT molecular complexity index is 677. The normalized spacial score (nSPS) is 15.9. The van der Waals surface area contributed by atoms with E-state index in [2.05, 4.69) is 10.0 Å². The summed E-state index contributed by atoms with van der Waals surface area (Å²) in [5.74, 6) is 0.186. The Morgan fingerprint density at radius 1 is 1.10 bits per heavy atom. The molecule has 118 valence electrons. The summed E-state index contributed by atoms with van der Waals surface area (Å²) in [4.78, 5) is 0.223. The number of sulfone groups is 1. The summed E-state index contributed by atoms with van der Waals surface area (Å²) in [7, 11) is -6.43. The van der Waals surface area contributed by atoms with E-state index in [0.717, 1.165) is 12.8 Å². The molecule has 21 heavy (non-hydrogen) atoms. The van der Waals surface area contributed by atoms with Crippen LogP contribution in [0.15, 0.2) is 29.2 Å². The molecule has 2 rings (SSSR count). The van der Waals surface area contributed by atoms with Crippen LogP contribution >= 0.6 is 0 Å². The van der Waals surface area contributed by atoms with Crippen LogP contribution in [0.2, 0.25) is 0 Å². The number of hydrogen-bond donors (Lipinski definition) is 2. The topological polar surface area (TPSA) is 92.3 Å². The maximum Gasteiger partial charge on any atom is 0.240 e. The van der Waals surface area contributed by atoms with Gasteiger partial charge in [-0.05, 0) is 37.1 Å². The van der Waals surface area contributed by atoms with Crippen molar-refractivity contribution in [3.05, 3.63) is 24.3 Å². The van der Waals surface area contributed by atoms with Crippen molar-refractivity contribution in [1.82, 2.24) is 4.72 Å². The summed E-state index contributed by atoms with van der Waals surface area (Å²) in [6.45, 7) is 1.92. The van der Waals surface area contributed by atoms with E-state index in [4.69, 9.17) is 0 Å². The van der Waals surface area contributed by atoms with Crippen LogP contribution in [-0.2, 0) is 19.9 Å². The molecule has 0 atom stereocenters. The third-order valence-electron chi connectivity index (χ3n) is 3.25. The van der Waals surface area contributed by atoms with Gasteiger partial charge in [-0.15, -0.1) is 0 Å². The van der Waals surface area contributed by atoms with Crippen molar-refractivity contribution in [1.29, 1.82) is 0 Å². The molecule has 0 aliphatic heterocycles. The molecule has 1 aromatic rings. The third kappa shape index (κ3) is 4.98. The summed E-state index contributed by atoms with van der Waals surface area (Å²) < 4.78 is 49.3. The zero-order valence-corrected chi connectivity index (χ0v) is 13.5. The van der Waals surface area contributed by atoms with Gasteiger partial charge < -0.3 is 5.32 Å². The molecule has 0 unspecified atom stereocenters. The Hall–Kier alpha value is -1.12. The fourth-order valence-electron chi connectivity index (χ4n) is 1.74. The maximum atomic E-state index is 12.0. The number of nitrogens with one attached hydrogen (secondary N) is 2. The van der Waals surface area contributed by atoms with Crippen LogP contribution < -0.4 is 10.0 Å². The van der Waals surface area contributed by atoms with Crippen molar-refractivity contribution in [2.75, 3.05) is 23.4 Å². The summed E-state index contributed by atoms with van der Waals surface area (Å²) in [6, 6.07) is 6.38. The van der Waals surface area contributed by atoms with E-state index in [-0.39, 0.29) is 22.4 Å². The highest BCUT2D eigenvalue weighted by Crippen LogP contribution is 2.22. The number of anilines is 1. The van der Waals surface area contributed by atoms with Crippen LogP contribution in [0, 0.1) is 0 Å². The highest BCUT2D eigenvalue weighted by Gasteiger charge is 2.27. The van der Waals surface area contributed by atoms with Crippen LogP contribution in [0.4, 0.5) is 5.69 Å². The van der Waals surface area contributed by atoms with Crippen molar-refractivity contribution in [2.45, 2.75) is 30.7 Å². The van der Waals surface area contributed by atoms with E-state index in [1.165, 1.54) is 12.1 Å². The Labute approximate surface area is 125 Å². The predicted molar refractivity (Wildman–Crippen MR) is 82.6 cm³/mol. The summed E-state index contributed by atoms with van der Waals surface area (Å²) in [6.07, 6.45) is 1.79. The van der Waals surface area contributed by atoms with Gasteiger partial charge in [-0.3, -0.25) is 0 Å². The highest BCUT2D eigenvalue weighted by atomic mass is 32.2. The van der Waals surface area contributed by atoms with Gasteiger partial charge in [0.05, 0.1) is 10.6 Å². The largest absolute Gasteiger partial charge is 0.384 e. The summed E-state index contributed by atoms with van der Waals surface area (Å²) >= 11 is 0. The first-order valence-electron chi connectivity index (χ1n) is 6.89. The average molecular weight is 332 g/mol. The highest BCUT2D eigenvalue weighted by molar-refractivity contribution is 7.91. The second-order valence-electron chi connectivity index (χ2n) is 5.08. The van der Waals surface area contributed by atoms with Gasteiger partial charge in [0, 0.05) is 24.0 Å². The molecule has 0 saturated heterocycles. The van der Waals surface area contributed by atoms with Crippen LogP contribution in [-0.4, -0.2) is 40.9 Å². The first-order chi connectivity index (χ1) is 9.82. The zero-order chi connectivity index (χ0) is 15.5. The van der Waals surface area contributed by atoms with E-state index >= 15 is 0 Å². The molecular weight excluding hydrogens is 312 g/mol. The molecule has 1 aliphatic rings. The Kier molecular flexibility index (Phi) is 4.90. The van der Waals surface area contributed by atoms with Crippen molar-refractivity contribution < 1.29 is 16.8 Å². The molecule has 1 aromatic carbocycles. The maximum absolute atomic E-state index is 12.0. The van der Waals surface area contributed by atoms with Gasteiger partial charge in [-0.2, -0.15) is 0 Å². The van der Waals surface area contributed by atoms with Gasteiger partial charge in [0.2, 0.25) is 10.0 Å². The third-order valence-corrected chi connectivity index (χ3v) is 6.49. The van der Waals surface area contributed by atoms with E-state index < -0.39 is 19.9 Å². The number of benzene rings is 1. The van der Waals surface area contributed by atoms with Gasteiger partial charge in [-0.25, -0.2) is 21.6 Å². The molecule has 1 fully saturated rings. The van der Waals surface area contributed by atoms with E-state index in [1.807, 2.05) is 0 Å². The van der Waals surface area contributed by atoms with Crippen molar-refractivity contribution >= 4 is 25.5 Å². The van der Waals surface area contributed by atoms with Crippen LogP contribution in [0.1, 0.15) is 19.8 Å². The van der Waals surface area contributed by atoms with Crippen molar-refractivity contribution in [3.63, 3.8) is 0 Å². The Morgan fingerprint density at radius 3 is 2.24 bits per heavy atom. The minimum atomic E-state index is -3.44. The van der Waals surface area contributed by atoms with Crippen molar-refractivity contribution in [3.8, 4) is 0 Å². The lowest BCUT2D eigenvalue weighted by molar-refractivity contribution is 0.581. The zero-order valence-electron chi connectivity index (χ0n) is 11.9. The van der Waals surface area contributed by atoms with Gasteiger partial charge in [-0.1, -0.05) is 6.92 Å². The minimum Gasteiger partial charge on any atom is -0.384 e. The van der Waals surface area contributed by atoms with Gasteiger partial charge in [0.15, 0.2) is 9.84 Å². The fourth-order valence-corrected chi connectivity index (χ4v) is 3.74. The molecule has 8 heteroatoms. The molecular formula is C13H20N2O4S2. The predicted octanol–water partition coefficient (Wildman–Crippen LogP) is 0.974. The van der Waals surface area contributed by atoms with Crippen LogP contribution in [0.5, 0.6) is 0 Å². The lowest BCUT2D eigenvalue weighted by Crippen LogP contribution is -2.25. The standard InChI is InChI=1S/C13H20N2O4S2/c1-2-20(16,17)10-9-14-11-5-7-13(8-6-11)21(18,19)15-12-3-4-12/h5-8,12,14-15H,2-4,9-10H2,1H3. The molecule has 1 aliphatic carbocycles.